The lowest BCUT2D eigenvalue weighted by Gasteiger charge is -2.02. The summed E-state index contributed by atoms with van der Waals surface area (Å²) in [5.41, 5.74) is 3.91. The maximum Gasteiger partial charge on any atom is 0.264 e. The van der Waals surface area contributed by atoms with Gasteiger partial charge < -0.3 is 5.32 Å². The second kappa shape index (κ2) is 7.82. The van der Waals surface area contributed by atoms with E-state index >= 15 is 0 Å². The van der Waals surface area contributed by atoms with Crippen LogP contribution < -0.4 is 5.32 Å². The van der Waals surface area contributed by atoms with Gasteiger partial charge >= 0.3 is 0 Å². The van der Waals surface area contributed by atoms with E-state index in [2.05, 4.69) is 34.6 Å². The number of nitrogens with one attached hydrogen (secondary N) is 1. The van der Waals surface area contributed by atoms with E-state index < -0.39 is 0 Å². The smallest absolute Gasteiger partial charge is 0.264 e. The zero-order chi connectivity index (χ0) is 18.6. The molecule has 1 N–H and O–H groups in total. The van der Waals surface area contributed by atoms with Gasteiger partial charge in [0.25, 0.3) is 5.91 Å². The van der Waals surface area contributed by atoms with Gasteiger partial charge in [0.1, 0.15) is 0 Å². The van der Waals surface area contributed by atoms with E-state index in [0.29, 0.717) is 20.8 Å². The molecule has 0 unspecified atom stereocenters. The van der Waals surface area contributed by atoms with Crippen LogP contribution in [0.15, 0.2) is 88.8 Å². The number of amidine groups is 1. The zero-order valence-electron chi connectivity index (χ0n) is 14.2. The SMILES string of the molecule is O=C1NC(=Nc2ccccc2Cl)S/C1=C/c1ccc(-c2ccccc2)cc1. The molecule has 4 rings (SSSR count). The molecule has 1 fully saturated rings. The van der Waals surface area contributed by atoms with Gasteiger partial charge in [0.15, 0.2) is 5.17 Å². The minimum atomic E-state index is -0.155. The topological polar surface area (TPSA) is 41.5 Å². The number of nitrogens with zero attached hydrogens (tertiary/aromatic N) is 1. The van der Waals surface area contributed by atoms with Gasteiger partial charge in [-0.25, -0.2) is 4.99 Å². The van der Waals surface area contributed by atoms with Gasteiger partial charge in [0.05, 0.1) is 15.6 Å². The van der Waals surface area contributed by atoms with Crippen LogP contribution in [0.5, 0.6) is 0 Å². The molecule has 3 nitrogen and oxygen atoms in total. The molecule has 0 spiro atoms. The first-order valence-electron chi connectivity index (χ1n) is 8.39. The summed E-state index contributed by atoms with van der Waals surface area (Å²) in [5.74, 6) is -0.155. The first-order valence-corrected chi connectivity index (χ1v) is 9.58. The van der Waals surface area contributed by atoms with Crippen molar-refractivity contribution >= 4 is 46.2 Å². The van der Waals surface area contributed by atoms with E-state index in [1.807, 2.05) is 54.6 Å². The highest BCUT2D eigenvalue weighted by Crippen LogP contribution is 2.31. The molecule has 0 atom stereocenters. The third-order valence-electron chi connectivity index (χ3n) is 4.04. The third-order valence-corrected chi connectivity index (χ3v) is 5.27. The molecule has 1 amide bonds. The van der Waals surface area contributed by atoms with Crippen LogP contribution in [-0.4, -0.2) is 11.1 Å². The van der Waals surface area contributed by atoms with Crippen LogP contribution in [0.2, 0.25) is 5.02 Å². The van der Waals surface area contributed by atoms with Crippen molar-refractivity contribution in [3.8, 4) is 11.1 Å². The van der Waals surface area contributed by atoms with Crippen LogP contribution >= 0.6 is 23.4 Å². The zero-order valence-corrected chi connectivity index (χ0v) is 15.8. The van der Waals surface area contributed by atoms with Crippen molar-refractivity contribution in [1.29, 1.82) is 0 Å². The van der Waals surface area contributed by atoms with Gasteiger partial charge in [-0.3, -0.25) is 4.79 Å². The average Bonchev–Trinajstić information content (AvgIpc) is 3.04. The Morgan fingerprint density at radius 2 is 1.52 bits per heavy atom. The molecule has 0 saturated carbocycles. The Hall–Kier alpha value is -2.82. The van der Waals surface area contributed by atoms with Gasteiger partial charge in [0.2, 0.25) is 0 Å². The summed E-state index contributed by atoms with van der Waals surface area (Å²) >= 11 is 7.44. The Morgan fingerprint density at radius 1 is 0.852 bits per heavy atom. The standard InChI is InChI=1S/C22H15ClN2OS/c23-18-8-4-5-9-19(18)24-22-25-21(26)20(27-22)14-15-10-12-17(13-11-15)16-6-2-1-3-7-16/h1-14H,(H,24,25,26)/b20-14+. The second-order valence-electron chi connectivity index (χ2n) is 5.92. The van der Waals surface area contributed by atoms with Crippen molar-refractivity contribution < 1.29 is 4.79 Å². The first-order chi connectivity index (χ1) is 13.2. The van der Waals surface area contributed by atoms with Gasteiger partial charge in [-0.1, -0.05) is 78.3 Å². The number of rotatable bonds is 3. The Bertz CT molecular complexity index is 1040. The number of carbonyl (C=O) groups is 1. The number of benzene rings is 3. The quantitative estimate of drug-likeness (QED) is 0.566. The molecular formula is C22H15ClN2OS. The van der Waals surface area contributed by atoms with E-state index in [1.165, 1.54) is 17.3 Å². The Kier molecular flexibility index (Phi) is 5.10. The summed E-state index contributed by atoms with van der Waals surface area (Å²) in [7, 11) is 0. The molecule has 27 heavy (non-hydrogen) atoms. The lowest BCUT2D eigenvalue weighted by molar-refractivity contribution is -0.115. The van der Waals surface area contributed by atoms with Crippen LogP contribution in [0.4, 0.5) is 5.69 Å². The number of aliphatic imine (C=N–C) groups is 1. The molecule has 5 heteroatoms. The summed E-state index contributed by atoms with van der Waals surface area (Å²) in [4.78, 5) is 17.3. The predicted octanol–water partition coefficient (Wildman–Crippen LogP) is 5.90. The van der Waals surface area contributed by atoms with Crippen molar-refractivity contribution in [1.82, 2.24) is 5.32 Å². The maximum absolute atomic E-state index is 12.2. The molecule has 0 aromatic heterocycles. The summed E-state index contributed by atoms with van der Waals surface area (Å²) in [5, 5.41) is 3.86. The van der Waals surface area contributed by atoms with Crippen molar-refractivity contribution in [3.63, 3.8) is 0 Å². The molecule has 132 valence electrons. The number of halogens is 1. The fourth-order valence-electron chi connectivity index (χ4n) is 2.69. The summed E-state index contributed by atoms with van der Waals surface area (Å²) < 4.78 is 0. The van der Waals surface area contributed by atoms with Crippen LogP contribution in [-0.2, 0) is 4.79 Å². The molecule has 1 heterocycles. The van der Waals surface area contributed by atoms with E-state index in [0.717, 1.165) is 11.1 Å². The largest absolute Gasteiger partial charge is 0.300 e. The van der Waals surface area contributed by atoms with Gasteiger partial charge in [-0.15, -0.1) is 0 Å². The van der Waals surface area contributed by atoms with Gasteiger partial charge in [-0.2, -0.15) is 0 Å². The number of amides is 1. The molecule has 3 aromatic rings. The van der Waals surface area contributed by atoms with E-state index in [-0.39, 0.29) is 5.91 Å². The highest BCUT2D eigenvalue weighted by molar-refractivity contribution is 8.18. The molecule has 1 aliphatic heterocycles. The number of hydrogen-bond acceptors (Lipinski definition) is 3. The van der Waals surface area contributed by atoms with Gasteiger partial charge in [0, 0.05) is 0 Å². The summed E-state index contributed by atoms with van der Waals surface area (Å²) in [6.45, 7) is 0. The highest BCUT2D eigenvalue weighted by atomic mass is 35.5. The van der Waals surface area contributed by atoms with Crippen LogP contribution in [0.25, 0.3) is 17.2 Å². The van der Waals surface area contributed by atoms with E-state index in [9.17, 15) is 4.79 Å². The maximum atomic E-state index is 12.2. The highest BCUT2D eigenvalue weighted by Gasteiger charge is 2.24. The van der Waals surface area contributed by atoms with Crippen molar-refractivity contribution in [2.45, 2.75) is 0 Å². The Labute approximate surface area is 166 Å². The molecular weight excluding hydrogens is 376 g/mol. The van der Waals surface area contributed by atoms with Crippen LogP contribution in [0.1, 0.15) is 5.56 Å². The minimum absolute atomic E-state index is 0.155. The van der Waals surface area contributed by atoms with E-state index in [4.69, 9.17) is 11.6 Å². The monoisotopic (exact) mass is 390 g/mol. The Balaban J connectivity index is 1.54. The van der Waals surface area contributed by atoms with Crippen molar-refractivity contribution in [2.24, 2.45) is 4.99 Å². The first kappa shape index (κ1) is 17.6. The lowest BCUT2D eigenvalue weighted by Crippen LogP contribution is -2.19. The molecule has 1 aliphatic rings. The number of hydrogen-bond donors (Lipinski definition) is 1. The summed E-state index contributed by atoms with van der Waals surface area (Å²) in [6.07, 6.45) is 1.86. The van der Waals surface area contributed by atoms with Crippen LogP contribution in [0, 0.1) is 0 Å². The molecule has 3 aromatic carbocycles. The normalized spacial score (nSPS) is 16.7. The Morgan fingerprint density at radius 3 is 2.26 bits per heavy atom. The molecule has 0 bridgehead atoms. The third kappa shape index (κ3) is 4.13. The minimum Gasteiger partial charge on any atom is -0.300 e. The molecule has 1 saturated heterocycles. The van der Waals surface area contributed by atoms with E-state index in [1.54, 1.807) is 6.07 Å². The predicted molar refractivity (Wildman–Crippen MR) is 114 cm³/mol. The molecule has 0 radical (unpaired) electrons. The fraction of sp³-hybridized carbons (Fsp3) is 0. The second-order valence-corrected chi connectivity index (χ2v) is 7.36. The fourth-order valence-corrected chi connectivity index (χ4v) is 3.70. The van der Waals surface area contributed by atoms with Crippen molar-refractivity contribution in [3.05, 3.63) is 94.4 Å². The number of carbonyl (C=O) groups excluding carboxylic acids is 1. The summed E-state index contributed by atoms with van der Waals surface area (Å²) in [6, 6.07) is 25.6. The number of para-hydroxylation sites is 1. The molecule has 0 aliphatic carbocycles. The van der Waals surface area contributed by atoms with Crippen LogP contribution in [0.3, 0.4) is 0 Å². The number of thioether (sulfide) groups is 1. The average molecular weight is 391 g/mol. The van der Waals surface area contributed by atoms with Crippen molar-refractivity contribution in [2.75, 3.05) is 0 Å². The van der Waals surface area contributed by atoms with Gasteiger partial charge in [-0.05, 0) is 46.7 Å². The lowest BCUT2D eigenvalue weighted by atomic mass is 10.0.